The summed E-state index contributed by atoms with van der Waals surface area (Å²) in [5, 5.41) is 10.7. The van der Waals surface area contributed by atoms with Gasteiger partial charge in [-0.3, -0.25) is 0 Å². The molecular weight excluding hydrogens is 320 g/mol. The molecule has 21 heavy (non-hydrogen) atoms. The SMILES string of the molecule is Brc1ccc2cccc3c4cccc5cccc(c1c23)c54. The molecule has 98 valence electrons. The third-order valence-electron chi connectivity index (χ3n) is 4.46. The van der Waals surface area contributed by atoms with Crippen LogP contribution in [0.25, 0.3) is 43.1 Å². The van der Waals surface area contributed by atoms with E-state index >= 15 is 0 Å². The van der Waals surface area contributed by atoms with Crippen molar-refractivity contribution in [2.24, 2.45) is 0 Å². The summed E-state index contributed by atoms with van der Waals surface area (Å²) in [4.78, 5) is 0. The lowest BCUT2D eigenvalue weighted by atomic mass is 9.90. The molecule has 0 amide bonds. The van der Waals surface area contributed by atoms with Crippen LogP contribution in [0.4, 0.5) is 0 Å². The molecule has 0 aliphatic carbocycles. The van der Waals surface area contributed by atoms with Gasteiger partial charge in [-0.15, -0.1) is 0 Å². The molecule has 0 aromatic heterocycles. The van der Waals surface area contributed by atoms with Crippen LogP contribution >= 0.6 is 15.9 Å². The monoisotopic (exact) mass is 330 g/mol. The van der Waals surface area contributed by atoms with Crippen LogP contribution in [0, 0.1) is 0 Å². The number of fused-ring (bicyclic) bond motifs is 2. The zero-order valence-electron chi connectivity index (χ0n) is 11.2. The normalized spacial score (nSPS) is 12.0. The van der Waals surface area contributed by atoms with E-state index in [1.807, 2.05) is 0 Å². The van der Waals surface area contributed by atoms with Crippen molar-refractivity contribution in [3.8, 4) is 0 Å². The van der Waals surface area contributed by atoms with E-state index in [-0.39, 0.29) is 0 Å². The van der Waals surface area contributed by atoms with Crippen LogP contribution in [0.5, 0.6) is 0 Å². The summed E-state index contributed by atoms with van der Waals surface area (Å²) in [6.45, 7) is 0. The van der Waals surface area contributed by atoms with Crippen LogP contribution in [-0.2, 0) is 0 Å². The Bertz CT molecular complexity index is 1130. The van der Waals surface area contributed by atoms with Crippen LogP contribution in [0.2, 0.25) is 0 Å². The topological polar surface area (TPSA) is 0 Å². The second-order valence-electron chi connectivity index (χ2n) is 5.54. The first-order valence-corrected chi connectivity index (χ1v) is 7.87. The predicted octanol–water partition coefficient (Wildman–Crippen LogP) is 6.50. The molecule has 5 aromatic carbocycles. The van der Waals surface area contributed by atoms with Gasteiger partial charge in [-0.25, -0.2) is 0 Å². The van der Waals surface area contributed by atoms with E-state index in [2.05, 4.69) is 82.7 Å². The molecule has 0 nitrogen and oxygen atoms in total. The lowest BCUT2D eigenvalue weighted by molar-refractivity contribution is 1.76. The largest absolute Gasteiger partial charge is 0.0610 e. The highest BCUT2D eigenvalue weighted by Gasteiger charge is 2.13. The van der Waals surface area contributed by atoms with E-state index in [0.29, 0.717) is 0 Å². The third kappa shape index (κ3) is 1.39. The first-order chi connectivity index (χ1) is 10.3. The highest BCUT2D eigenvalue weighted by molar-refractivity contribution is 9.10. The van der Waals surface area contributed by atoms with Crippen molar-refractivity contribution in [2.75, 3.05) is 0 Å². The summed E-state index contributed by atoms with van der Waals surface area (Å²) >= 11 is 3.76. The lowest BCUT2D eigenvalue weighted by Gasteiger charge is -2.15. The molecule has 0 bridgehead atoms. The van der Waals surface area contributed by atoms with Crippen molar-refractivity contribution in [3.63, 3.8) is 0 Å². The van der Waals surface area contributed by atoms with Crippen LogP contribution in [0.1, 0.15) is 0 Å². The molecule has 0 atom stereocenters. The molecule has 0 aliphatic rings. The third-order valence-corrected chi connectivity index (χ3v) is 5.12. The average Bonchev–Trinajstić information content (AvgIpc) is 2.53. The smallest absolute Gasteiger partial charge is 0.0260 e. The van der Waals surface area contributed by atoms with Gasteiger partial charge in [0, 0.05) is 9.86 Å². The summed E-state index contributed by atoms with van der Waals surface area (Å²) in [5.41, 5.74) is 0. The summed E-state index contributed by atoms with van der Waals surface area (Å²) in [7, 11) is 0. The van der Waals surface area contributed by atoms with Gasteiger partial charge < -0.3 is 0 Å². The quantitative estimate of drug-likeness (QED) is 0.224. The highest BCUT2D eigenvalue weighted by atomic mass is 79.9. The van der Waals surface area contributed by atoms with Gasteiger partial charge in [-0.1, -0.05) is 76.6 Å². The Morgan fingerprint density at radius 1 is 0.476 bits per heavy atom. The van der Waals surface area contributed by atoms with Crippen molar-refractivity contribution in [2.45, 2.75) is 0 Å². The minimum atomic E-state index is 1.17. The fourth-order valence-corrected chi connectivity index (χ4v) is 4.16. The zero-order valence-corrected chi connectivity index (χ0v) is 12.8. The van der Waals surface area contributed by atoms with Crippen molar-refractivity contribution in [1.29, 1.82) is 0 Å². The van der Waals surface area contributed by atoms with Crippen LogP contribution in [-0.4, -0.2) is 0 Å². The first kappa shape index (κ1) is 11.5. The molecule has 0 saturated carbocycles. The molecule has 5 rings (SSSR count). The van der Waals surface area contributed by atoms with E-state index in [1.54, 1.807) is 0 Å². The first-order valence-electron chi connectivity index (χ1n) is 7.08. The Morgan fingerprint density at radius 3 is 1.76 bits per heavy atom. The van der Waals surface area contributed by atoms with Crippen LogP contribution < -0.4 is 0 Å². The molecule has 0 spiro atoms. The minimum absolute atomic E-state index is 1.17. The van der Waals surface area contributed by atoms with Gasteiger partial charge in [-0.2, -0.15) is 0 Å². The number of benzene rings is 5. The van der Waals surface area contributed by atoms with E-state index in [0.717, 1.165) is 0 Å². The molecule has 0 unspecified atom stereocenters. The molecule has 0 heterocycles. The van der Waals surface area contributed by atoms with E-state index in [4.69, 9.17) is 0 Å². The summed E-state index contributed by atoms with van der Waals surface area (Å²) in [6.07, 6.45) is 0. The Labute approximate surface area is 130 Å². The number of hydrogen-bond acceptors (Lipinski definition) is 0. The van der Waals surface area contributed by atoms with Gasteiger partial charge in [0.2, 0.25) is 0 Å². The number of hydrogen-bond donors (Lipinski definition) is 0. The zero-order chi connectivity index (χ0) is 14.0. The fraction of sp³-hybridized carbons (Fsp3) is 0. The Balaban J connectivity index is 2.32. The number of rotatable bonds is 0. The molecule has 0 aliphatic heterocycles. The highest BCUT2D eigenvalue weighted by Crippen LogP contribution is 2.42. The molecule has 0 saturated heterocycles. The standard InChI is InChI=1S/C20H11Br/c21-17-11-10-13-6-2-8-15-14-7-1-4-12-5-3-9-16(18(12)14)20(17)19(13)15/h1-11H. The van der Waals surface area contributed by atoms with Crippen molar-refractivity contribution < 1.29 is 0 Å². The van der Waals surface area contributed by atoms with Crippen molar-refractivity contribution in [3.05, 3.63) is 71.2 Å². The minimum Gasteiger partial charge on any atom is -0.0610 e. The molecular formula is C20H11Br. The van der Waals surface area contributed by atoms with Crippen LogP contribution in [0.3, 0.4) is 0 Å². The van der Waals surface area contributed by atoms with Crippen LogP contribution in [0.15, 0.2) is 71.2 Å². The summed E-state index contributed by atoms with van der Waals surface area (Å²) in [6, 6.07) is 24.1. The average molecular weight is 331 g/mol. The Morgan fingerprint density at radius 2 is 1.05 bits per heavy atom. The van der Waals surface area contributed by atoms with Crippen molar-refractivity contribution >= 4 is 59.0 Å². The van der Waals surface area contributed by atoms with E-state index in [1.165, 1.54) is 47.6 Å². The molecule has 5 aromatic rings. The molecule has 0 fully saturated rings. The Hall–Kier alpha value is -2.12. The van der Waals surface area contributed by atoms with Gasteiger partial charge >= 0.3 is 0 Å². The number of halogens is 1. The predicted molar refractivity (Wildman–Crippen MR) is 95.4 cm³/mol. The fourth-order valence-electron chi connectivity index (χ4n) is 3.62. The maximum Gasteiger partial charge on any atom is 0.0260 e. The molecule has 0 N–H and O–H groups in total. The van der Waals surface area contributed by atoms with E-state index in [9.17, 15) is 0 Å². The molecule has 0 radical (unpaired) electrons. The lowest BCUT2D eigenvalue weighted by Crippen LogP contribution is -1.87. The summed E-state index contributed by atoms with van der Waals surface area (Å²) < 4.78 is 1.17. The molecule has 1 heteroatoms. The summed E-state index contributed by atoms with van der Waals surface area (Å²) in [5.74, 6) is 0. The van der Waals surface area contributed by atoms with Gasteiger partial charge in [0.1, 0.15) is 0 Å². The Kier molecular flexibility index (Phi) is 2.17. The van der Waals surface area contributed by atoms with Gasteiger partial charge in [0.25, 0.3) is 0 Å². The van der Waals surface area contributed by atoms with Gasteiger partial charge in [-0.05, 0) is 43.8 Å². The van der Waals surface area contributed by atoms with Gasteiger partial charge in [0.15, 0.2) is 0 Å². The second kappa shape index (κ2) is 3.96. The maximum absolute atomic E-state index is 3.76. The van der Waals surface area contributed by atoms with Gasteiger partial charge in [0.05, 0.1) is 0 Å². The van der Waals surface area contributed by atoms with E-state index < -0.39 is 0 Å². The van der Waals surface area contributed by atoms with Crippen molar-refractivity contribution in [1.82, 2.24) is 0 Å². The maximum atomic E-state index is 3.76. The second-order valence-corrected chi connectivity index (χ2v) is 6.39.